The first kappa shape index (κ1) is 17.2. The molecule has 0 spiro atoms. The zero-order chi connectivity index (χ0) is 15.2. The van der Waals surface area contributed by atoms with Crippen LogP contribution in [0.25, 0.3) is 0 Å². The number of aromatic nitrogens is 2. The molecule has 6 heteroatoms. The third-order valence-corrected chi connectivity index (χ3v) is 5.25. The first-order chi connectivity index (χ1) is 9.40. The van der Waals surface area contributed by atoms with E-state index in [4.69, 9.17) is 0 Å². The average Bonchev–Trinajstić information content (AvgIpc) is 2.62. The maximum Gasteiger partial charge on any atom is 0.244 e. The van der Waals surface area contributed by atoms with E-state index in [9.17, 15) is 8.42 Å². The maximum absolute atomic E-state index is 12.3. The van der Waals surface area contributed by atoms with Crippen molar-refractivity contribution in [1.29, 1.82) is 0 Å². The molecule has 1 heterocycles. The summed E-state index contributed by atoms with van der Waals surface area (Å²) >= 11 is 0. The van der Waals surface area contributed by atoms with Crippen LogP contribution in [0.3, 0.4) is 0 Å². The topological polar surface area (TPSA) is 64.0 Å². The van der Waals surface area contributed by atoms with Gasteiger partial charge >= 0.3 is 0 Å². The molecule has 0 aliphatic heterocycles. The van der Waals surface area contributed by atoms with Crippen LogP contribution in [0.2, 0.25) is 0 Å². The van der Waals surface area contributed by atoms with Crippen molar-refractivity contribution in [3.05, 3.63) is 11.4 Å². The highest BCUT2D eigenvalue weighted by Gasteiger charge is 2.22. The quantitative estimate of drug-likeness (QED) is 0.713. The van der Waals surface area contributed by atoms with Gasteiger partial charge in [-0.3, -0.25) is 4.68 Å². The Bertz CT molecular complexity index is 521. The molecule has 0 aromatic carbocycles. The third-order valence-electron chi connectivity index (χ3n) is 3.53. The van der Waals surface area contributed by atoms with Gasteiger partial charge in [0, 0.05) is 13.6 Å². The molecule has 0 unspecified atom stereocenters. The van der Waals surface area contributed by atoms with Crippen LogP contribution in [0.15, 0.2) is 4.90 Å². The number of hydrogen-bond acceptors (Lipinski definition) is 3. The van der Waals surface area contributed by atoms with E-state index < -0.39 is 10.0 Å². The molecular weight excluding hydrogens is 274 g/mol. The molecule has 116 valence electrons. The molecule has 1 aromatic rings. The van der Waals surface area contributed by atoms with Crippen LogP contribution in [0, 0.1) is 13.8 Å². The third kappa shape index (κ3) is 4.59. The van der Waals surface area contributed by atoms with Crippen LogP contribution in [0.5, 0.6) is 0 Å². The lowest BCUT2D eigenvalue weighted by Gasteiger charge is -2.07. The van der Waals surface area contributed by atoms with Crippen molar-refractivity contribution < 1.29 is 8.42 Å². The molecule has 0 saturated heterocycles. The standard InChI is InChI=1S/C14H27N3O2S/c1-5-6-7-8-9-10-11-15-20(18,19)14-12(2)16-17(4)13(14)3/h15H,5-11H2,1-4H3. The molecule has 0 radical (unpaired) electrons. The molecule has 1 N–H and O–H groups in total. The molecule has 1 rings (SSSR count). The van der Waals surface area contributed by atoms with E-state index in [0.29, 0.717) is 22.8 Å². The van der Waals surface area contributed by atoms with E-state index in [1.54, 1.807) is 25.6 Å². The number of sulfonamides is 1. The number of hydrogen-bond donors (Lipinski definition) is 1. The zero-order valence-corrected chi connectivity index (χ0v) is 13.9. The fourth-order valence-corrected chi connectivity index (χ4v) is 3.84. The Balaban J connectivity index is 2.46. The summed E-state index contributed by atoms with van der Waals surface area (Å²) in [7, 11) is -1.67. The molecule has 0 amide bonds. The largest absolute Gasteiger partial charge is 0.271 e. The molecule has 1 aromatic heterocycles. The van der Waals surface area contributed by atoms with Gasteiger partial charge in [0.2, 0.25) is 10.0 Å². The van der Waals surface area contributed by atoms with Gasteiger partial charge < -0.3 is 0 Å². The highest BCUT2D eigenvalue weighted by atomic mass is 32.2. The predicted octanol–water partition coefficient (Wildman–Crippen LogP) is 2.68. The van der Waals surface area contributed by atoms with Gasteiger partial charge in [0.15, 0.2) is 0 Å². The minimum absolute atomic E-state index is 0.325. The molecule has 0 atom stereocenters. The van der Waals surface area contributed by atoms with E-state index >= 15 is 0 Å². The van der Waals surface area contributed by atoms with Gasteiger partial charge in [0.1, 0.15) is 4.90 Å². The van der Waals surface area contributed by atoms with Gasteiger partial charge in [-0.2, -0.15) is 5.10 Å². The number of nitrogens with one attached hydrogen (secondary N) is 1. The number of unbranched alkanes of at least 4 members (excludes halogenated alkanes) is 5. The van der Waals surface area contributed by atoms with Gasteiger partial charge in [-0.25, -0.2) is 13.1 Å². The van der Waals surface area contributed by atoms with Crippen LogP contribution in [0.4, 0.5) is 0 Å². The molecule has 0 fully saturated rings. The summed E-state index contributed by atoms with van der Waals surface area (Å²) in [5.74, 6) is 0. The van der Waals surface area contributed by atoms with Crippen LogP contribution < -0.4 is 4.72 Å². The van der Waals surface area contributed by atoms with E-state index in [1.165, 1.54) is 25.7 Å². The van der Waals surface area contributed by atoms with Crippen molar-refractivity contribution in [2.45, 2.75) is 64.2 Å². The second-order valence-electron chi connectivity index (χ2n) is 5.29. The molecule has 0 aliphatic rings. The fourth-order valence-electron chi connectivity index (χ4n) is 2.33. The van der Waals surface area contributed by atoms with E-state index in [0.717, 1.165) is 12.8 Å². The lowest BCUT2D eigenvalue weighted by Crippen LogP contribution is -2.25. The van der Waals surface area contributed by atoms with Crippen molar-refractivity contribution >= 4 is 10.0 Å². The molecule has 0 saturated carbocycles. The predicted molar refractivity (Wildman–Crippen MR) is 81.2 cm³/mol. The molecular formula is C14H27N3O2S. The lowest BCUT2D eigenvalue weighted by molar-refractivity contribution is 0.566. The summed E-state index contributed by atoms with van der Waals surface area (Å²) in [6.45, 7) is 6.19. The summed E-state index contributed by atoms with van der Waals surface area (Å²) in [5, 5.41) is 4.15. The SMILES string of the molecule is CCCCCCCCNS(=O)(=O)c1c(C)nn(C)c1C. The van der Waals surface area contributed by atoms with E-state index in [2.05, 4.69) is 16.7 Å². The first-order valence-corrected chi connectivity index (χ1v) is 8.88. The first-order valence-electron chi connectivity index (χ1n) is 7.40. The molecule has 20 heavy (non-hydrogen) atoms. The minimum atomic E-state index is -3.43. The number of rotatable bonds is 9. The minimum Gasteiger partial charge on any atom is -0.271 e. The van der Waals surface area contributed by atoms with Crippen molar-refractivity contribution in [1.82, 2.24) is 14.5 Å². The van der Waals surface area contributed by atoms with E-state index in [-0.39, 0.29) is 0 Å². The molecule has 0 aliphatic carbocycles. The lowest BCUT2D eigenvalue weighted by atomic mass is 10.1. The van der Waals surface area contributed by atoms with Crippen LogP contribution >= 0.6 is 0 Å². The van der Waals surface area contributed by atoms with Gasteiger partial charge in [-0.1, -0.05) is 39.0 Å². The molecule has 0 bridgehead atoms. The fraction of sp³-hybridized carbons (Fsp3) is 0.786. The highest BCUT2D eigenvalue weighted by molar-refractivity contribution is 7.89. The second-order valence-corrected chi connectivity index (χ2v) is 6.99. The van der Waals surface area contributed by atoms with Crippen molar-refractivity contribution in [2.24, 2.45) is 7.05 Å². The van der Waals surface area contributed by atoms with Crippen LogP contribution in [-0.4, -0.2) is 24.7 Å². The van der Waals surface area contributed by atoms with Crippen molar-refractivity contribution in [3.8, 4) is 0 Å². The van der Waals surface area contributed by atoms with Gasteiger partial charge in [0.05, 0.1) is 11.4 Å². The van der Waals surface area contributed by atoms with E-state index in [1.807, 2.05) is 0 Å². The monoisotopic (exact) mass is 301 g/mol. The summed E-state index contributed by atoms with van der Waals surface area (Å²) in [6.07, 6.45) is 6.88. The van der Waals surface area contributed by atoms with Gasteiger partial charge in [0.25, 0.3) is 0 Å². The summed E-state index contributed by atoms with van der Waals surface area (Å²) in [5.41, 5.74) is 1.23. The molecule has 5 nitrogen and oxygen atoms in total. The van der Waals surface area contributed by atoms with Gasteiger partial charge in [-0.15, -0.1) is 0 Å². The Kier molecular flexibility index (Phi) is 6.68. The normalized spacial score (nSPS) is 12.0. The van der Waals surface area contributed by atoms with Crippen LogP contribution in [0.1, 0.15) is 56.8 Å². The van der Waals surface area contributed by atoms with Crippen LogP contribution in [-0.2, 0) is 17.1 Å². The van der Waals surface area contributed by atoms with Gasteiger partial charge in [-0.05, 0) is 20.3 Å². The highest BCUT2D eigenvalue weighted by Crippen LogP contribution is 2.18. The average molecular weight is 301 g/mol. The van der Waals surface area contributed by atoms with Crippen molar-refractivity contribution in [2.75, 3.05) is 6.54 Å². The Hall–Kier alpha value is -0.880. The smallest absolute Gasteiger partial charge is 0.244 e. The number of aryl methyl sites for hydroxylation is 2. The summed E-state index contributed by atoms with van der Waals surface area (Å²) in [6, 6.07) is 0. The Morgan fingerprint density at radius 3 is 2.25 bits per heavy atom. The summed E-state index contributed by atoms with van der Waals surface area (Å²) in [4.78, 5) is 0.325. The Morgan fingerprint density at radius 1 is 1.10 bits per heavy atom. The maximum atomic E-state index is 12.3. The number of nitrogens with zero attached hydrogens (tertiary/aromatic N) is 2. The van der Waals surface area contributed by atoms with Crippen molar-refractivity contribution in [3.63, 3.8) is 0 Å². The Labute approximate surface area is 122 Å². The second kappa shape index (κ2) is 7.78. The zero-order valence-electron chi connectivity index (χ0n) is 13.1. The Morgan fingerprint density at radius 2 is 1.70 bits per heavy atom. The summed E-state index contributed by atoms with van der Waals surface area (Å²) < 4.78 is 28.8.